The molecule has 2 aromatic carbocycles. The quantitative estimate of drug-likeness (QED) is 0.719. The first-order chi connectivity index (χ1) is 12.8. The molecule has 0 saturated carbocycles. The Morgan fingerprint density at radius 3 is 2.41 bits per heavy atom. The Kier molecular flexibility index (Phi) is 4.98. The highest BCUT2D eigenvalue weighted by atomic mass is 35.5. The van der Waals surface area contributed by atoms with E-state index in [-0.39, 0.29) is 18.2 Å². The highest BCUT2D eigenvalue weighted by Gasteiger charge is 2.31. The maximum Gasteiger partial charge on any atom is 0.226 e. The third-order valence-corrected chi connectivity index (χ3v) is 5.46. The van der Waals surface area contributed by atoms with Crippen molar-refractivity contribution in [1.82, 2.24) is 15.3 Å². The minimum Gasteiger partial charge on any atom is -0.338 e. The predicted molar refractivity (Wildman–Crippen MR) is 109 cm³/mol. The number of hydrogen-bond donors (Lipinski definition) is 1. The molecule has 4 nitrogen and oxygen atoms in total. The van der Waals surface area contributed by atoms with Crippen LogP contribution < -0.4 is 10.2 Å². The summed E-state index contributed by atoms with van der Waals surface area (Å²) < 4.78 is 14.5. The van der Waals surface area contributed by atoms with Crippen LogP contribution in [0.25, 0.3) is 22.2 Å². The summed E-state index contributed by atoms with van der Waals surface area (Å²) in [4.78, 5) is 11.9. The molecule has 3 aromatic rings. The van der Waals surface area contributed by atoms with Gasteiger partial charge in [0.2, 0.25) is 5.95 Å². The molecule has 1 N–H and O–H groups in total. The number of aromatic nitrogens is 2. The third kappa shape index (κ3) is 3.37. The normalized spacial score (nSPS) is 21.7. The Bertz CT molecular complexity index is 952. The minimum atomic E-state index is -0.250. The van der Waals surface area contributed by atoms with E-state index in [9.17, 15) is 4.39 Å². The summed E-state index contributed by atoms with van der Waals surface area (Å²) in [6.07, 6.45) is 3.68. The number of anilines is 1. The number of benzene rings is 2. The van der Waals surface area contributed by atoms with Crippen LogP contribution in [0.1, 0.15) is 19.3 Å². The predicted octanol–water partition coefficient (Wildman–Crippen LogP) is 4.19. The Morgan fingerprint density at radius 1 is 0.926 bits per heavy atom. The zero-order valence-corrected chi connectivity index (χ0v) is 15.8. The molecule has 1 aromatic heterocycles. The highest BCUT2D eigenvalue weighted by molar-refractivity contribution is 5.93. The maximum absolute atomic E-state index is 14.5. The van der Waals surface area contributed by atoms with Gasteiger partial charge >= 0.3 is 0 Å². The fourth-order valence-corrected chi connectivity index (χ4v) is 4.23. The third-order valence-electron chi connectivity index (χ3n) is 5.46. The van der Waals surface area contributed by atoms with Crippen LogP contribution in [0, 0.1) is 5.82 Å². The van der Waals surface area contributed by atoms with E-state index in [1.165, 1.54) is 25.3 Å². The van der Waals surface area contributed by atoms with Crippen LogP contribution >= 0.6 is 12.4 Å². The summed E-state index contributed by atoms with van der Waals surface area (Å²) in [6.45, 7) is 1.82. The summed E-state index contributed by atoms with van der Waals surface area (Å²) in [6, 6.07) is 15.7. The molecule has 0 spiro atoms. The summed E-state index contributed by atoms with van der Waals surface area (Å²) in [7, 11) is 0. The molecule has 0 aliphatic carbocycles. The van der Waals surface area contributed by atoms with Gasteiger partial charge in [0.25, 0.3) is 0 Å². The van der Waals surface area contributed by atoms with Crippen molar-refractivity contribution in [2.24, 2.45) is 0 Å². The lowest BCUT2D eigenvalue weighted by Crippen LogP contribution is -2.59. The van der Waals surface area contributed by atoms with Gasteiger partial charge in [-0.15, -0.1) is 12.4 Å². The van der Waals surface area contributed by atoms with Crippen molar-refractivity contribution in [2.45, 2.75) is 31.3 Å². The average molecular weight is 385 g/mol. The van der Waals surface area contributed by atoms with Crippen LogP contribution in [0.15, 0.2) is 48.5 Å². The van der Waals surface area contributed by atoms with Gasteiger partial charge in [-0.2, -0.15) is 0 Å². The number of para-hydroxylation sites is 1. The van der Waals surface area contributed by atoms with Gasteiger partial charge < -0.3 is 10.2 Å². The molecule has 2 aliphatic heterocycles. The molecule has 2 fully saturated rings. The van der Waals surface area contributed by atoms with Crippen molar-refractivity contribution in [3.63, 3.8) is 0 Å². The number of halogens is 2. The number of hydrogen-bond acceptors (Lipinski definition) is 4. The number of piperidine rings is 1. The van der Waals surface area contributed by atoms with Crippen LogP contribution in [-0.2, 0) is 0 Å². The molecule has 27 heavy (non-hydrogen) atoms. The molecule has 0 radical (unpaired) electrons. The summed E-state index contributed by atoms with van der Waals surface area (Å²) >= 11 is 0. The SMILES string of the molecule is Cl.Fc1ccccc1-c1nc(N2CC3CCCC(C2)N3)nc2ccccc12. The lowest BCUT2D eigenvalue weighted by molar-refractivity contribution is 0.282. The Balaban J connectivity index is 0.00000180. The zero-order chi connectivity index (χ0) is 17.5. The van der Waals surface area contributed by atoms with Gasteiger partial charge in [-0.05, 0) is 31.0 Å². The van der Waals surface area contributed by atoms with E-state index in [0.29, 0.717) is 29.3 Å². The average Bonchev–Trinajstić information content (AvgIpc) is 2.67. The topological polar surface area (TPSA) is 41.1 Å². The molecule has 140 valence electrons. The van der Waals surface area contributed by atoms with Crippen molar-refractivity contribution in [3.8, 4) is 11.3 Å². The molecule has 6 heteroatoms. The van der Waals surface area contributed by atoms with E-state index < -0.39 is 0 Å². The molecule has 2 bridgehead atoms. The standard InChI is InChI=1S/C21H21FN4.ClH/c22-18-10-3-1-8-16(18)20-17-9-2-4-11-19(17)24-21(25-20)26-12-14-6-5-7-15(13-26)23-14;/h1-4,8-11,14-15,23H,5-7,12-13H2;1H. The lowest BCUT2D eigenvalue weighted by Gasteiger charge is -2.42. The molecule has 3 heterocycles. The number of fused-ring (bicyclic) bond motifs is 3. The van der Waals surface area contributed by atoms with Gasteiger partial charge in [0.1, 0.15) is 5.82 Å². The van der Waals surface area contributed by atoms with Crippen molar-refractivity contribution in [1.29, 1.82) is 0 Å². The monoisotopic (exact) mass is 384 g/mol. The van der Waals surface area contributed by atoms with Crippen molar-refractivity contribution in [3.05, 3.63) is 54.3 Å². The Hall–Kier alpha value is -2.24. The van der Waals surface area contributed by atoms with E-state index in [1.807, 2.05) is 30.3 Å². The van der Waals surface area contributed by atoms with Gasteiger partial charge in [-0.1, -0.05) is 36.8 Å². The second-order valence-electron chi connectivity index (χ2n) is 7.27. The summed E-state index contributed by atoms with van der Waals surface area (Å²) in [5, 5.41) is 4.57. The van der Waals surface area contributed by atoms with E-state index in [4.69, 9.17) is 9.97 Å². The van der Waals surface area contributed by atoms with Crippen molar-refractivity contribution < 1.29 is 4.39 Å². The van der Waals surface area contributed by atoms with Crippen LogP contribution in [0.3, 0.4) is 0 Å². The molecule has 2 aliphatic rings. The minimum absolute atomic E-state index is 0. The number of nitrogens with zero attached hydrogens (tertiary/aromatic N) is 3. The molecule has 2 atom stereocenters. The smallest absolute Gasteiger partial charge is 0.226 e. The molecule has 2 saturated heterocycles. The molecular weight excluding hydrogens is 363 g/mol. The zero-order valence-electron chi connectivity index (χ0n) is 14.9. The summed E-state index contributed by atoms with van der Waals surface area (Å²) in [5.41, 5.74) is 2.06. The first-order valence-corrected chi connectivity index (χ1v) is 9.30. The largest absolute Gasteiger partial charge is 0.338 e. The van der Waals surface area contributed by atoms with Gasteiger partial charge in [-0.3, -0.25) is 0 Å². The number of piperazine rings is 1. The molecule has 0 amide bonds. The van der Waals surface area contributed by atoms with E-state index in [2.05, 4.69) is 10.2 Å². The van der Waals surface area contributed by atoms with Gasteiger partial charge in [0, 0.05) is 36.1 Å². The number of nitrogens with one attached hydrogen (secondary N) is 1. The Morgan fingerprint density at radius 2 is 1.63 bits per heavy atom. The fraction of sp³-hybridized carbons (Fsp3) is 0.333. The lowest BCUT2D eigenvalue weighted by atomic mass is 9.94. The highest BCUT2D eigenvalue weighted by Crippen LogP contribution is 2.31. The van der Waals surface area contributed by atoms with E-state index in [1.54, 1.807) is 12.1 Å². The maximum atomic E-state index is 14.5. The van der Waals surface area contributed by atoms with Crippen LogP contribution in [0.2, 0.25) is 0 Å². The van der Waals surface area contributed by atoms with Crippen molar-refractivity contribution in [2.75, 3.05) is 18.0 Å². The summed E-state index contributed by atoms with van der Waals surface area (Å²) in [5.74, 6) is 0.458. The van der Waals surface area contributed by atoms with Crippen LogP contribution in [0.4, 0.5) is 10.3 Å². The second kappa shape index (κ2) is 7.41. The van der Waals surface area contributed by atoms with Crippen molar-refractivity contribution >= 4 is 29.3 Å². The van der Waals surface area contributed by atoms with Gasteiger partial charge in [0.05, 0.1) is 11.2 Å². The van der Waals surface area contributed by atoms with E-state index >= 15 is 0 Å². The molecular formula is C21H22ClFN4. The van der Waals surface area contributed by atoms with Crippen LogP contribution in [-0.4, -0.2) is 35.1 Å². The van der Waals surface area contributed by atoms with Gasteiger partial charge in [-0.25, -0.2) is 14.4 Å². The molecule has 5 rings (SSSR count). The molecule has 2 unspecified atom stereocenters. The fourth-order valence-electron chi connectivity index (χ4n) is 4.23. The first-order valence-electron chi connectivity index (χ1n) is 9.30. The second-order valence-corrected chi connectivity index (χ2v) is 7.27. The number of rotatable bonds is 2. The van der Waals surface area contributed by atoms with E-state index in [0.717, 1.165) is 24.0 Å². The van der Waals surface area contributed by atoms with Gasteiger partial charge in [0.15, 0.2) is 0 Å². The Labute approximate surface area is 164 Å². The van der Waals surface area contributed by atoms with Crippen LogP contribution in [0.5, 0.6) is 0 Å². The first kappa shape index (κ1) is 18.1.